The summed E-state index contributed by atoms with van der Waals surface area (Å²) in [6.45, 7) is 0. The number of carbonyl (C=O) groups is 1. The molecule has 0 atom stereocenters. The predicted octanol–water partition coefficient (Wildman–Crippen LogP) is 1.50. The fraction of sp³-hybridized carbons (Fsp3) is 0. The van der Waals surface area contributed by atoms with Crippen molar-refractivity contribution in [3.63, 3.8) is 0 Å². The third-order valence-corrected chi connectivity index (χ3v) is 4.46. The Morgan fingerprint density at radius 3 is 2.76 bits per heavy atom. The van der Waals surface area contributed by atoms with E-state index in [9.17, 15) is 17.6 Å². The molecule has 128 valence electrons. The zero-order valence-electron chi connectivity index (χ0n) is 12.3. The van der Waals surface area contributed by atoms with Crippen LogP contribution in [0.4, 0.5) is 10.3 Å². The number of benzene rings is 1. The summed E-state index contributed by atoms with van der Waals surface area (Å²) in [5.41, 5.74) is 0.201. The third-order valence-electron chi connectivity index (χ3n) is 3.11. The zero-order valence-corrected chi connectivity index (χ0v) is 13.2. The first-order chi connectivity index (χ1) is 11.9. The summed E-state index contributed by atoms with van der Waals surface area (Å²) in [5.74, 6) is -2.54. The molecule has 0 aliphatic heterocycles. The van der Waals surface area contributed by atoms with E-state index in [1.807, 2.05) is 4.72 Å². The minimum Gasteiger partial charge on any atom is -0.478 e. The molecular weight excluding hydrogens is 353 g/mol. The van der Waals surface area contributed by atoms with Crippen molar-refractivity contribution in [3.8, 4) is 11.4 Å². The molecule has 0 saturated heterocycles. The number of sulfonamides is 1. The number of carboxylic acid groups (broad SMARTS) is 1. The number of anilines is 1. The van der Waals surface area contributed by atoms with Gasteiger partial charge in [0.25, 0.3) is 16.0 Å². The van der Waals surface area contributed by atoms with E-state index >= 15 is 0 Å². The van der Waals surface area contributed by atoms with Crippen molar-refractivity contribution in [1.29, 1.82) is 0 Å². The Kier molecular flexibility index (Phi) is 4.15. The van der Waals surface area contributed by atoms with Crippen molar-refractivity contribution in [1.82, 2.24) is 20.2 Å². The molecule has 0 radical (unpaired) electrons. The molecule has 3 aromatic rings. The molecule has 0 fully saturated rings. The molecule has 25 heavy (non-hydrogen) atoms. The summed E-state index contributed by atoms with van der Waals surface area (Å²) in [4.78, 5) is 18.0. The summed E-state index contributed by atoms with van der Waals surface area (Å²) in [7, 11) is -4.42. The molecule has 0 spiro atoms. The maximum absolute atomic E-state index is 13.8. The third kappa shape index (κ3) is 3.45. The van der Waals surface area contributed by atoms with E-state index in [1.54, 1.807) is 18.3 Å². The van der Waals surface area contributed by atoms with Crippen LogP contribution in [0.3, 0.4) is 0 Å². The molecule has 9 nitrogen and oxygen atoms in total. The van der Waals surface area contributed by atoms with Gasteiger partial charge in [0.05, 0.1) is 5.56 Å². The van der Waals surface area contributed by atoms with E-state index in [0.717, 1.165) is 12.1 Å². The van der Waals surface area contributed by atoms with Gasteiger partial charge in [-0.25, -0.2) is 22.3 Å². The van der Waals surface area contributed by atoms with Crippen LogP contribution in [0.25, 0.3) is 11.4 Å². The maximum Gasteiger partial charge on any atom is 0.335 e. The molecule has 0 aliphatic rings. The molecule has 0 aliphatic carbocycles. The predicted molar refractivity (Wildman–Crippen MR) is 83.8 cm³/mol. The summed E-state index contributed by atoms with van der Waals surface area (Å²) in [5, 5.41) is 15.1. The van der Waals surface area contributed by atoms with E-state index in [-0.39, 0.29) is 17.3 Å². The number of H-pyrrole nitrogens is 1. The Labute approximate surface area is 140 Å². The summed E-state index contributed by atoms with van der Waals surface area (Å²) >= 11 is 0. The number of aromatic nitrogens is 4. The standard InChI is InChI=1S/C14H10FN5O4S/c15-10-4-3-8(13(21)22)6-11(10)25(23,24)20-14-17-12(18-19-14)9-2-1-5-16-7-9/h1-7H,(H,21,22)(H2,17,18,19,20). The Bertz CT molecular complexity index is 1040. The van der Waals surface area contributed by atoms with Crippen LogP contribution in [-0.4, -0.2) is 39.7 Å². The lowest BCUT2D eigenvalue weighted by atomic mass is 10.2. The van der Waals surface area contributed by atoms with Gasteiger partial charge in [0.15, 0.2) is 5.82 Å². The van der Waals surface area contributed by atoms with Crippen LogP contribution in [0.5, 0.6) is 0 Å². The van der Waals surface area contributed by atoms with Gasteiger partial charge in [0.1, 0.15) is 10.7 Å². The van der Waals surface area contributed by atoms with Gasteiger partial charge < -0.3 is 5.11 Å². The number of rotatable bonds is 5. The van der Waals surface area contributed by atoms with Gasteiger partial charge >= 0.3 is 5.97 Å². The van der Waals surface area contributed by atoms with Gasteiger partial charge in [-0.3, -0.25) is 10.1 Å². The van der Waals surface area contributed by atoms with Gasteiger partial charge in [0.2, 0.25) is 0 Å². The monoisotopic (exact) mass is 363 g/mol. The van der Waals surface area contributed by atoms with Crippen molar-refractivity contribution in [2.75, 3.05) is 4.72 Å². The average molecular weight is 363 g/mol. The number of halogens is 1. The smallest absolute Gasteiger partial charge is 0.335 e. The minimum atomic E-state index is -4.42. The van der Waals surface area contributed by atoms with Crippen LogP contribution in [0, 0.1) is 5.82 Å². The van der Waals surface area contributed by atoms with Crippen LogP contribution in [0.15, 0.2) is 47.6 Å². The average Bonchev–Trinajstić information content (AvgIpc) is 3.03. The summed E-state index contributed by atoms with van der Waals surface area (Å²) in [6, 6.07) is 5.78. The first-order valence-electron chi connectivity index (χ1n) is 6.75. The van der Waals surface area contributed by atoms with Crippen LogP contribution in [-0.2, 0) is 10.0 Å². The molecule has 0 unspecified atom stereocenters. The van der Waals surface area contributed by atoms with Gasteiger partial charge in [-0.15, -0.1) is 5.10 Å². The number of nitrogens with zero attached hydrogens (tertiary/aromatic N) is 3. The van der Waals surface area contributed by atoms with Crippen LogP contribution in [0.2, 0.25) is 0 Å². The van der Waals surface area contributed by atoms with E-state index in [0.29, 0.717) is 11.6 Å². The van der Waals surface area contributed by atoms with Crippen molar-refractivity contribution >= 4 is 21.9 Å². The second kappa shape index (κ2) is 6.28. The number of nitrogens with one attached hydrogen (secondary N) is 2. The van der Waals surface area contributed by atoms with Gasteiger partial charge in [-0.05, 0) is 30.3 Å². The van der Waals surface area contributed by atoms with Crippen molar-refractivity contribution in [2.45, 2.75) is 4.90 Å². The SMILES string of the molecule is O=C(O)c1ccc(F)c(S(=O)(=O)Nc2n[nH]c(-c3cccnc3)n2)c1. The molecule has 11 heteroatoms. The number of carboxylic acids is 1. The van der Waals surface area contributed by atoms with E-state index in [4.69, 9.17) is 5.11 Å². The maximum atomic E-state index is 13.8. The second-order valence-corrected chi connectivity index (χ2v) is 6.46. The van der Waals surface area contributed by atoms with Gasteiger partial charge in [-0.1, -0.05) is 0 Å². The lowest BCUT2D eigenvalue weighted by molar-refractivity contribution is 0.0696. The van der Waals surface area contributed by atoms with E-state index in [1.165, 1.54) is 6.20 Å². The van der Waals surface area contributed by atoms with Crippen molar-refractivity contribution in [3.05, 3.63) is 54.1 Å². The quantitative estimate of drug-likeness (QED) is 0.624. The van der Waals surface area contributed by atoms with Crippen molar-refractivity contribution < 1.29 is 22.7 Å². The molecule has 3 N–H and O–H groups in total. The molecule has 0 amide bonds. The molecule has 3 rings (SSSR count). The molecule has 0 bridgehead atoms. The highest BCUT2D eigenvalue weighted by Gasteiger charge is 2.23. The molecule has 1 aromatic carbocycles. The second-order valence-electron chi connectivity index (χ2n) is 4.81. The largest absolute Gasteiger partial charge is 0.478 e. The van der Waals surface area contributed by atoms with Gasteiger partial charge in [-0.2, -0.15) is 4.98 Å². The Morgan fingerprint density at radius 2 is 2.08 bits per heavy atom. The Hall–Kier alpha value is -3.34. The lowest BCUT2D eigenvalue weighted by Crippen LogP contribution is -2.16. The Balaban J connectivity index is 1.91. The fourth-order valence-corrected chi connectivity index (χ4v) is 3.01. The summed E-state index contributed by atoms with van der Waals surface area (Å²) < 4.78 is 40.4. The van der Waals surface area contributed by atoms with Crippen LogP contribution >= 0.6 is 0 Å². The number of pyridine rings is 1. The molecule has 2 aromatic heterocycles. The fourth-order valence-electron chi connectivity index (χ4n) is 1.96. The van der Waals surface area contributed by atoms with Crippen LogP contribution < -0.4 is 4.72 Å². The van der Waals surface area contributed by atoms with E-state index < -0.39 is 26.7 Å². The van der Waals surface area contributed by atoms with Crippen molar-refractivity contribution in [2.24, 2.45) is 0 Å². The minimum absolute atomic E-state index is 0.255. The molecule has 2 heterocycles. The Morgan fingerprint density at radius 1 is 1.28 bits per heavy atom. The van der Waals surface area contributed by atoms with Crippen LogP contribution in [0.1, 0.15) is 10.4 Å². The number of aromatic carboxylic acids is 1. The normalized spacial score (nSPS) is 11.2. The highest BCUT2D eigenvalue weighted by Crippen LogP contribution is 2.20. The molecular formula is C14H10FN5O4S. The van der Waals surface area contributed by atoms with E-state index in [2.05, 4.69) is 20.2 Å². The number of hydrogen-bond donors (Lipinski definition) is 3. The van der Waals surface area contributed by atoms with Gasteiger partial charge in [0, 0.05) is 18.0 Å². The summed E-state index contributed by atoms with van der Waals surface area (Å²) in [6.07, 6.45) is 3.05. The highest BCUT2D eigenvalue weighted by atomic mass is 32.2. The first-order valence-corrected chi connectivity index (χ1v) is 8.23. The molecule has 0 saturated carbocycles. The number of hydrogen-bond acceptors (Lipinski definition) is 6. The zero-order chi connectivity index (χ0) is 18.0. The number of aromatic amines is 1. The first kappa shape index (κ1) is 16.5. The lowest BCUT2D eigenvalue weighted by Gasteiger charge is -2.06. The topological polar surface area (TPSA) is 138 Å². The highest BCUT2D eigenvalue weighted by molar-refractivity contribution is 7.92.